The van der Waals surface area contributed by atoms with Crippen molar-refractivity contribution in [1.29, 1.82) is 0 Å². The molecule has 0 atom stereocenters. The van der Waals surface area contributed by atoms with Crippen LogP contribution in [0.5, 0.6) is 0 Å². The van der Waals surface area contributed by atoms with Gasteiger partial charge in [0.2, 0.25) is 11.2 Å². The second-order valence-electron chi connectivity index (χ2n) is 4.90. The van der Waals surface area contributed by atoms with E-state index in [2.05, 4.69) is 5.10 Å². The Labute approximate surface area is 123 Å². The molecule has 0 fully saturated rings. The van der Waals surface area contributed by atoms with Gasteiger partial charge in [-0.1, -0.05) is 18.2 Å². The summed E-state index contributed by atoms with van der Waals surface area (Å²) in [6, 6.07) is 9.00. The van der Waals surface area contributed by atoms with Crippen LogP contribution in [-0.2, 0) is 0 Å². The predicted octanol–water partition coefficient (Wildman–Crippen LogP) is 1.80. The smallest absolute Gasteiger partial charge is 0.211 e. The van der Waals surface area contributed by atoms with Gasteiger partial charge >= 0.3 is 0 Å². The molecule has 0 unspecified atom stereocenters. The number of nitrogens with zero attached hydrogens (tertiary/aromatic N) is 3. The normalized spacial score (nSPS) is 10.8. The molecule has 0 aliphatic heterocycles. The summed E-state index contributed by atoms with van der Waals surface area (Å²) >= 11 is 0. The van der Waals surface area contributed by atoms with Gasteiger partial charge in [0, 0.05) is 38.6 Å². The fraction of sp³-hybridized carbons (Fsp3) is 0.188. The summed E-state index contributed by atoms with van der Waals surface area (Å²) in [6.45, 7) is 1.95. The molecule has 1 aromatic heterocycles. The van der Waals surface area contributed by atoms with Crippen LogP contribution in [0.3, 0.4) is 0 Å². The Bertz CT molecular complexity index is 745. The number of carbonyl (C=O) groups is 1. The molecule has 0 aliphatic carbocycles. The minimum absolute atomic E-state index is 0.0844. The highest BCUT2D eigenvalue weighted by Crippen LogP contribution is 2.11. The van der Waals surface area contributed by atoms with Crippen LogP contribution in [0.15, 0.2) is 53.6 Å². The molecule has 1 aromatic carbocycles. The van der Waals surface area contributed by atoms with Crippen LogP contribution in [0.2, 0.25) is 0 Å². The molecule has 2 aromatic rings. The minimum Gasteiger partial charge on any atom is -0.383 e. The van der Waals surface area contributed by atoms with Gasteiger partial charge < -0.3 is 4.90 Å². The zero-order valence-corrected chi connectivity index (χ0v) is 12.3. The van der Waals surface area contributed by atoms with Crippen molar-refractivity contribution in [2.24, 2.45) is 0 Å². The van der Waals surface area contributed by atoms with E-state index in [-0.39, 0.29) is 11.1 Å². The highest BCUT2D eigenvalue weighted by molar-refractivity contribution is 6.02. The Balaban J connectivity index is 2.45. The topological polar surface area (TPSA) is 55.2 Å². The highest BCUT2D eigenvalue weighted by Gasteiger charge is 2.11. The van der Waals surface area contributed by atoms with Gasteiger partial charge in [0.05, 0.1) is 5.69 Å². The lowest BCUT2D eigenvalue weighted by Crippen LogP contribution is -2.20. The van der Waals surface area contributed by atoms with E-state index in [0.29, 0.717) is 0 Å². The molecule has 108 valence electrons. The van der Waals surface area contributed by atoms with Gasteiger partial charge in [-0.15, -0.1) is 0 Å². The van der Waals surface area contributed by atoms with Crippen LogP contribution in [0.4, 0.5) is 0 Å². The first-order valence-corrected chi connectivity index (χ1v) is 6.54. The second kappa shape index (κ2) is 6.17. The third kappa shape index (κ3) is 3.45. The Morgan fingerprint density at radius 3 is 2.62 bits per heavy atom. The molecule has 2 rings (SSSR count). The summed E-state index contributed by atoms with van der Waals surface area (Å²) in [5.74, 6) is -0.406. The van der Waals surface area contributed by atoms with Crippen LogP contribution < -0.4 is 5.43 Å². The SMILES string of the molecule is Cc1ccccc1-n1ccc(=O)c(C(=O)/C=C/N(C)C)n1. The van der Waals surface area contributed by atoms with Crippen molar-refractivity contribution in [3.8, 4) is 5.69 Å². The third-order valence-electron chi connectivity index (χ3n) is 2.93. The van der Waals surface area contributed by atoms with E-state index in [0.717, 1.165) is 11.3 Å². The number of carbonyl (C=O) groups excluding carboxylic acids is 1. The van der Waals surface area contributed by atoms with E-state index in [4.69, 9.17) is 0 Å². The second-order valence-corrected chi connectivity index (χ2v) is 4.90. The van der Waals surface area contributed by atoms with Crippen molar-refractivity contribution in [2.45, 2.75) is 6.92 Å². The van der Waals surface area contributed by atoms with Gasteiger partial charge in [-0.25, -0.2) is 4.68 Å². The first kappa shape index (κ1) is 14.7. The summed E-state index contributed by atoms with van der Waals surface area (Å²) in [6.07, 6.45) is 4.50. The first-order valence-electron chi connectivity index (χ1n) is 6.54. The van der Waals surface area contributed by atoms with E-state index in [1.165, 1.54) is 12.1 Å². The van der Waals surface area contributed by atoms with E-state index < -0.39 is 5.78 Å². The third-order valence-corrected chi connectivity index (χ3v) is 2.93. The number of aromatic nitrogens is 2. The number of hydrogen-bond donors (Lipinski definition) is 0. The quantitative estimate of drug-likeness (QED) is 0.634. The van der Waals surface area contributed by atoms with E-state index in [9.17, 15) is 9.59 Å². The minimum atomic E-state index is -0.406. The lowest BCUT2D eigenvalue weighted by Gasteiger charge is -2.09. The zero-order valence-electron chi connectivity index (χ0n) is 12.3. The summed E-state index contributed by atoms with van der Waals surface area (Å²) in [7, 11) is 3.60. The number of hydrogen-bond acceptors (Lipinski definition) is 4. The fourth-order valence-corrected chi connectivity index (χ4v) is 1.83. The Hall–Kier alpha value is -2.69. The zero-order chi connectivity index (χ0) is 15.4. The molecule has 1 heterocycles. The predicted molar refractivity (Wildman–Crippen MR) is 81.7 cm³/mol. The largest absolute Gasteiger partial charge is 0.383 e. The monoisotopic (exact) mass is 283 g/mol. The van der Waals surface area contributed by atoms with Crippen molar-refractivity contribution in [3.05, 3.63) is 70.3 Å². The van der Waals surface area contributed by atoms with Crippen molar-refractivity contribution in [1.82, 2.24) is 14.7 Å². The molecule has 0 bridgehead atoms. The number of para-hydroxylation sites is 1. The summed E-state index contributed by atoms with van der Waals surface area (Å²) in [4.78, 5) is 25.6. The molecule has 0 saturated carbocycles. The molecular formula is C16H17N3O2. The standard InChI is InChI=1S/C16H17N3O2/c1-12-6-4-5-7-13(12)19-11-9-15(21)16(17-19)14(20)8-10-18(2)3/h4-11H,1-3H3/b10-8+. The van der Waals surface area contributed by atoms with Crippen molar-refractivity contribution in [2.75, 3.05) is 14.1 Å². The number of aryl methyl sites for hydroxylation is 1. The van der Waals surface area contributed by atoms with E-state index >= 15 is 0 Å². The number of benzene rings is 1. The number of rotatable bonds is 4. The Morgan fingerprint density at radius 2 is 1.95 bits per heavy atom. The number of allylic oxidation sites excluding steroid dienone is 1. The maximum atomic E-state index is 12.0. The molecule has 5 nitrogen and oxygen atoms in total. The van der Waals surface area contributed by atoms with Crippen LogP contribution in [-0.4, -0.2) is 34.6 Å². The van der Waals surface area contributed by atoms with Crippen molar-refractivity contribution < 1.29 is 4.79 Å². The molecule has 0 radical (unpaired) electrons. The van der Waals surface area contributed by atoms with Crippen LogP contribution in [0.25, 0.3) is 5.69 Å². The molecule has 0 N–H and O–H groups in total. The molecular weight excluding hydrogens is 266 g/mol. The summed E-state index contributed by atoms with van der Waals surface area (Å²) < 4.78 is 1.55. The fourth-order valence-electron chi connectivity index (χ4n) is 1.83. The molecule has 0 spiro atoms. The summed E-state index contributed by atoms with van der Waals surface area (Å²) in [5, 5.41) is 4.17. The van der Waals surface area contributed by atoms with E-state index in [1.54, 1.807) is 36.1 Å². The highest BCUT2D eigenvalue weighted by atomic mass is 16.1. The Kier molecular flexibility index (Phi) is 4.33. The molecule has 0 aliphatic rings. The first-order chi connectivity index (χ1) is 9.99. The van der Waals surface area contributed by atoms with Gasteiger partial charge in [0.1, 0.15) is 0 Å². The maximum absolute atomic E-state index is 12.0. The Morgan fingerprint density at radius 1 is 1.24 bits per heavy atom. The van der Waals surface area contributed by atoms with Crippen LogP contribution in [0, 0.1) is 6.92 Å². The number of ketones is 1. The van der Waals surface area contributed by atoms with Gasteiger partial charge in [0.15, 0.2) is 5.69 Å². The average molecular weight is 283 g/mol. The maximum Gasteiger partial charge on any atom is 0.211 e. The lowest BCUT2D eigenvalue weighted by atomic mass is 10.2. The van der Waals surface area contributed by atoms with Gasteiger partial charge in [-0.05, 0) is 18.6 Å². The van der Waals surface area contributed by atoms with Gasteiger partial charge in [0.25, 0.3) is 0 Å². The van der Waals surface area contributed by atoms with Crippen molar-refractivity contribution in [3.63, 3.8) is 0 Å². The van der Waals surface area contributed by atoms with Gasteiger partial charge in [-0.3, -0.25) is 9.59 Å². The van der Waals surface area contributed by atoms with Crippen molar-refractivity contribution >= 4 is 5.78 Å². The van der Waals surface area contributed by atoms with E-state index in [1.807, 2.05) is 31.2 Å². The van der Waals surface area contributed by atoms with Crippen LogP contribution in [0.1, 0.15) is 16.1 Å². The molecule has 0 saturated heterocycles. The summed E-state index contributed by atoms with van der Waals surface area (Å²) in [5.41, 5.74) is 1.38. The average Bonchev–Trinajstić information content (AvgIpc) is 2.46. The molecule has 5 heteroatoms. The van der Waals surface area contributed by atoms with Crippen LogP contribution >= 0.6 is 0 Å². The van der Waals surface area contributed by atoms with Gasteiger partial charge in [-0.2, -0.15) is 5.10 Å². The lowest BCUT2D eigenvalue weighted by molar-refractivity contribution is 0.103. The molecule has 21 heavy (non-hydrogen) atoms. The molecule has 0 amide bonds.